The molecule has 66 valence electrons. The maximum atomic E-state index is 10.7. The molecule has 0 bridgehead atoms. The fourth-order valence-electron chi connectivity index (χ4n) is 0.585. The van der Waals surface area contributed by atoms with E-state index in [9.17, 15) is 4.79 Å². The van der Waals surface area contributed by atoms with Gasteiger partial charge in [-0.05, 0) is 13.8 Å². The molecule has 1 rings (SSSR count). The van der Waals surface area contributed by atoms with Gasteiger partial charge in [-0.2, -0.15) is 4.37 Å². The number of aromatic nitrogens is 2. The molecule has 0 amide bonds. The second kappa shape index (κ2) is 2.71. The highest BCUT2D eigenvalue weighted by Crippen LogP contribution is 2.22. The molecule has 0 saturated carbocycles. The molecule has 1 heterocycles. The molecule has 0 unspecified atom stereocenters. The Bertz CT molecular complexity index is 307. The summed E-state index contributed by atoms with van der Waals surface area (Å²) in [7, 11) is 0. The van der Waals surface area contributed by atoms with Crippen molar-refractivity contribution in [3.05, 3.63) is 5.82 Å². The van der Waals surface area contributed by atoms with Gasteiger partial charge in [0, 0.05) is 11.5 Å². The molecule has 0 atom stereocenters. The van der Waals surface area contributed by atoms with E-state index in [0.29, 0.717) is 5.13 Å². The molecule has 0 radical (unpaired) electrons. The molecular formula is C6H9N3O2S. The van der Waals surface area contributed by atoms with Crippen LogP contribution in [0.25, 0.3) is 0 Å². The van der Waals surface area contributed by atoms with Gasteiger partial charge < -0.3 is 10.8 Å². The first-order valence-electron chi connectivity index (χ1n) is 3.27. The molecule has 1 aromatic heterocycles. The molecule has 5 nitrogen and oxygen atoms in total. The zero-order valence-corrected chi connectivity index (χ0v) is 7.55. The van der Waals surface area contributed by atoms with E-state index < -0.39 is 11.4 Å². The highest BCUT2D eigenvalue weighted by Gasteiger charge is 2.33. The lowest BCUT2D eigenvalue weighted by molar-refractivity contribution is -0.142. The van der Waals surface area contributed by atoms with Gasteiger partial charge in [0.15, 0.2) is 11.0 Å². The van der Waals surface area contributed by atoms with E-state index in [-0.39, 0.29) is 5.82 Å². The fourth-order valence-corrected chi connectivity index (χ4v) is 1.16. The lowest BCUT2D eigenvalue weighted by Crippen LogP contribution is -2.29. The quantitative estimate of drug-likeness (QED) is 0.703. The van der Waals surface area contributed by atoms with E-state index in [1.54, 1.807) is 0 Å². The van der Waals surface area contributed by atoms with Crippen LogP contribution in [0.3, 0.4) is 0 Å². The van der Waals surface area contributed by atoms with Gasteiger partial charge in [0.1, 0.15) is 5.41 Å². The van der Waals surface area contributed by atoms with Crippen LogP contribution in [-0.4, -0.2) is 20.4 Å². The van der Waals surface area contributed by atoms with Gasteiger partial charge in [0.05, 0.1) is 0 Å². The summed E-state index contributed by atoms with van der Waals surface area (Å²) in [5.41, 5.74) is 4.27. The summed E-state index contributed by atoms with van der Waals surface area (Å²) in [4.78, 5) is 14.5. The Balaban J connectivity index is 3.05. The molecule has 0 aliphatic carbocycles. The van der Waals surface area contributed by atoms with Crippen LogP contribution in [0.1, 0.15) is 19.7 Å². The average Bonchev–Trinajstić information content (AvgIpc) is 2.35. The minimum Gasteiger partial charge on any atom is -0.481 e. The molecule has 1 aromatic rings. The predicted molar refractivity (Wildman–Crippen MR) is 45.0 cm³/mol. The van der Waals surface area contributed by atoms with Crippen LogP contribution in [0.4, 0.5) is 5.13 Å². The number of rotatable bonds is 2. The topological polar surface area (TPSA) is 89.1 Å². The molecule has 0 aromatic carbocycles. The van der Waals surface area contributed by atoms with E-state index in [1.807, 2.05) is 0 Å². The van der Waals surface area contributed by atoms with Crippen molar-refractivity contribution in [3.8, 4) is 0 Å². The normalized spacial score (nSPS) is 11.5. The zero-order chi connectivity index (χ0) is 9.35. The van der Waals surface area contributed by atoms with Gasteiger partial charge in [0.25, 0.3) is 0 Å². The second-order valence-electron chi connectivity index (χ2n) is 2.89. The third-order valence-electron chi connectivity index (χ3n) is 1.54. The van der Waals surface area contributed by atoms with Gasteiger partial charge in [0.2, 0.25) is 0 Å². The summed E-state index contributed by atoms with van der Waals surface area (Å²) < 4.78 is 3.83. The van der Waals surface area contributed by atoms with Crippen LogP contribution >= 0.6 is 11.5 Å². The number of hydrogen-bond donors (Lipinski definition) is 2. The van der Waals surface area contributed by atoms with Crippen molar-refractivity contribution in [2.45, 2.75) is 19.3 Å². The Morgan fingerprint density at radius 3 is 2.58 bits per heavy atom. The standard InChI is InChI=1S/C6H9N3O2S/c1-6(2,4(10)11)3-8-5(7)12-9-3/h1-2H3,(H,10,11)(H2,7,8,9). The van der Waals surface area contributed by atoms with Crippen molar-refractivity contribution in [1.29, 1.82) is 0 Å². The first-order valence-corrected chi connectivity index (χ1v) is 4.05. The number of carboxylic acid groups (broad SMARTS) is 1. The number of anilines is 1. The van der Waals surface area contributed by atoms with Crippen molar-refractivity contribution in [3.63, 3.8) is 0 Å². The van der Waals surface area contributed by atoms with Crippen LogP contribution in [0.5, 0.6) is 0 Å². The number of aliphatic carboxylic acids is 1. The number of nitrogens with two attached hydrogens (primary N) is 1. The SMILES string of the molecule is CC(C)(C(=O)O)c1nsc(N)n1. The number of nitrogen functional groups attached to an aromatic ring is 1. The van der Waals surface area contributed by atoms with Crippen LogP contribution in [0.2, 0.25) is 0 Å². The number of carboxylic acids is 1. The largest absolute Gasteiger partial charge is 0.481 e. The van der Waals surface area contributed by atoms with Gasteiger partial charge >= 0.3 is 5.97 Å². The highest BCUT2D eigenvalue weighted by atomic mass is 32.1. The number of carbonyl (C=O) groups is 1. The fraction of sp³-hybridized carbons (Fsp3) is 0.500. The number of nitrogens with zero attached hydrogens (tertiary/aromatic N) is 2. The first-order chi connectivity index (χ1) is 5.44. The lowest BCUT2D eigenvalue weighted by atomic mass is 9.93. The van der Waals surface area contributed by atoms with Crippen molar-refractivity contribution in [2.75, 3.05) is 5.73 Å². The van der Waals surface area contributed by atoms with Gasteiger partial charge in [-0.25, -0.2) is 4.98 Å². The third kappa shape index (κ3) is 1.38. The van der Waals surface area contributed by atoms with Crippen LogP contribution in [0.15, 0.2) is 0 Å². The Kier molecular flexibility index (Phi) is 2.01. The molecule has 3 N–H and O–H groups in total. The second-order valence-corrected chi connectivity index (χ2v) is 3.67. The van der Waals surface area contributed by atoms with E-state index >= 15 is 0 Å². The van der Waals surface area contributed by atoms with Gasteiger partial charge in [-0.15, -0.1) is 0 Å². The average molecular weight is 187 g/mol. The molecule has 0 aliphatic heterocycles. The lowest BCUT2D eigenvalue weighted by Gasteiger charge is -2.13. The summed E-state index contributed by atoms with van der Waals surface area (Å²) >= 11 is 1.00. The third-order valence-corrected chi connectivity index (χ3v) is 2.08. The summed E-state index contributed by atoms with van der Waals surface area (Å²) in [6.45, 7) is 3.08. The highest BCUT2D eigenvalue weighted by molar-refractivity contribution is 7.09. The Morgan fingerprint density at radius 1 is 1.67 bits per heavy atom. The van der Waals surface area contributed by atoms with E-state index in [4.69, 9.17) is 10.8 Å². The molecular weight excluding hydrogens is 178 g/mol. The monoisotopic (exact) mass is 187 g/mol. The van der Waals surface area contributed by atoms with E-state index in [2.05, 4.69) is 9.36 Å². The smallest absolute Gasteiger partial charge is 0.316 e. The molecule has 0 spiro atoms. The first kappa shape index (κ1) is 8.92. The summed E-state index contributed by atoms with van der Waals surface area (Å²) in [6.07, 6.45) is 0. The minimum atomic E-state index is -1.06. The van der Waals surface area contributed by atoms with Crippen LogP contribution in [-0.2, 0) is 10.2 Å². The van der Waals surface area contributed by atoms with E-state index in [1.165, 1.54) is 13.8 Å². The van der Waals surface area contributed by atoms with Crippen LogP contribution in [0, 0.1) is 0 Å². The summed E-state index contributed by atoms with van der Waals surface area (Å²) in [5.74, 6) is -0.696. The van der Waals surface area contributed by atoms with Crippen LogP contribution < -0.4 is 5.73 Å². The summed E-state index contributed by atoms with van der Waals surface area (Å²) in [5, 5.41) is 9.08. The Labute approximate surface area is 73.4 Å². The maximum absolute atomic E-state index is 10.7. The minimum absolute atomic E-state index is 0.262. The molecule has 12 heavy (non-hydrogen) atoms. The molecule has 0 saturated heterocycles. The molecule has 0 aliphatic rings. The molecule has 0 fully saturated rings. The summed E-state index contributed by atoms with van der Waals surface area (Å²) in [6, 6.07) is 0. The van der Waals surface area contributed by atoms with Gasteiger partial charge in [-0.1, -0.05) is 0 Å². The zero-order valence-electron chi connectivity index (χ0n) is 6.74. The predicted octanol–water partition coefficient (Wildman–Crippen LogP) is 0.483. The van der Waals surface area contributed by atoms with E-state index in [0.717, 1.165) is 11.5 Å². The maximum Gasteiger partial charge on any atom is 0.316 e. The number of hydrogen-bond acceptors (Lipinski definition) is 5. The van der Waals surface area contributed by atoms with Crippen molar-refractivity contribution >= 4 is 22.6 Å². The molecule has 6 heteroatoms. The Hall–Kier alpha value is -1.17. The Morgan fingerprint density at radius 2 is 2.25 bits per heavy atom. The van der Waals surface area contributed by atoms with Crippen molar-refractivity contribution < 1.29 is 9.90 Å². The van der Waals surface area contributed by atoms with Gasteiger partial charge in [-0.3, -0.25) is 4.79 Å². The van der Waals surface area contributed by atoms with Crippen molar-refractivity contribution in [1.82, 2.24) is 9.36 Å². The van der Waals surface area contributed by atoms with Crippen molar-refractivity contribution in [2.24, 2.45) is 0 Å².